The maximum absolute atomic E-state index is 9.37. The second kappa shape index (κ2) is 6.62. The fraction of sp³-hybridized carbons (Fsp3) is 1.00. The van der Waals surface area contributed by atoms with Gasteiger partial charge in [0.15, 0.2) is 0 Å². The molecule has 0 aliphatic rings. The van der Waals surface area contributed by atoms with E-state index in [-0.39, 0.29) is 12.1 Å². The van der Waals surface area contributed by atoms with Crippen molar-refractivity contribution in [2.45, 2.75) is 58.1 Å². The first-order valence-corrected chi connectivity index (χ1v) is 4.64. The van der Waals surface area contributed by atoms with E-state index in [0.29, 0.717) is 0 Å². The summed E-state index contributed by atoms with van der Waals surface area (Å²) in [7, 11) is 0. The van der Waals surface area contributed by atoms with Crippen LogP contribution in [0.4, 0.5) is 0 Å². The minimum absolute atomic E-state index is 0.179. The summed E-state index contributed by atoms with van der Waals surface area (Å²) in [6.45, 7) is 4.20. The molecule has 0 saturated heterocycles. The molecule has 0 amide bonds. The highest BCUT2D eigenvalue weighted by molar-refractivity contribution is 4.66. The Hall–Kier alpha value is -0.0800. The standard InChI is InChI=1S/C9H21NO/c1-3-5-8(10)7-9(11)6-4-2/h8-9,11H,3-7,10H2,1-2H3/t8-,9+/m1/s1. The molecule has 3 N–H and O–H groups in total. The minimum atomic E-state index is -0.179. The maximum Gasteiger partial charge on any atom is 0.0554 e. The zero-order valence-corrected chi connectivity index (χ0v) is 7.71. The zero-order valence-electron chi connectivity index (χ0n) is 7.71. The van der Waals surface area contributed by atoms with Gasteiger partial charge in [0.25, 0.3) is 0 Å². The largest absolute Gasteiger partial charge is 0.393 e. The third-order valence-electron chi connectivity index (χ3n) is 1.86. The van der Waals surface area contributed by atoms with Crippen molar-refractivity contribution in [2.24, 2.45) is 5.73 Å². The van der Waals surface area contributed by atoms with Crippen LogP contribution in [0.2, 0.25) is 0 Å². The molecule has 0 spiro atoms. The van der Waals surface area contributed by atoms with Gasteiger partial charge in [0.2, 0.25) is 0 Å². The van der Waals surface area contributed by atoms with Gasteiger partial charge in [-0.05, 0) is 19.3 Å². The lowest BCUT2D eigenvalue weighted by molar-refractivity contribution is 0.143. The van der Waals surface area contributed by atoms with Crippen LogP contribution in [0.5, 0.6) is 0 Å². The topological polar surface area (TPSA) is 46.2 Å². The summed E-state index contributed by atoms with van der Waals surface area (Å²) in [5.74, 6) is 0. The van der Waals surface area contributed by atoms with Crippen molar-refractivity contribution in [3.63, 3.8) is 0 Å². The smallest absolute Gasteiger partial charge is 0.0554 e. The number of hydrogen-bond acceptors (Lipinski definition) is 2. The second-order valence-corrected chi connectivity index (χ2v) is 3.23. The molecule has 0 unspecified atom stereocenters. The van der Waals surface area contributed by atoms with Crippen LogP contribution in [0.1, 0.15) is 46.0 Å². The highest BCUT2D eigenvalue weighted by Crippen LogP contribution is 2.06. The van der Waals surface area contributed by atoms with Gasteiger partial charge in [0.1, 0.15) is 0 Å². The van der Waals surface area contributed by atoms with E-state index in [1.807, 2.05) is 0 Å². The summed E-state index contributed by atoms with van der Waals surface area (Å²) < 4.78 is 0. The summed E-state index contributed by atoms with van der Waals surface area (Å²) in [4.78, 5) is 0. The van der Waals surface area contributed by atoms with E-state index < -0.39 is 0 Å². The normalized spacial score (nSPS) is 16.4. The van der Waals surface area contributed by atoms with E-state index in [2.05, 4.69) is 13.8 Å². The molecule has 0 saturated carbocycles. The van der Waals surface area contributed by atoms with Crippen molar-refractivity contribution < 1.29 is 5.11 Å². The molecule has 2 heteroatoms. The van der Waals surface area contributed by atoms with Gasteiger partial charge < -0.3 is 10.8 Å². The van der Waals surface area contributed by atoms with Gasteiger partial charge in [-0.3, -0.25) is 0 Å². The molecule has 0 fully saturated rings. The zero-order chi connectivity index (χ0) is 8.69. The Kier molecular flexibility index (Phi) is 6.57. The Morgan fingerprint density at radius 2 is 1.73 bits per heavy atom. The third-order valence-corrected chi connectivity index (χ3v) is 1.86. The van der Waals surface area contributed by atoms with Crippen LogP contribution in [0.25, 0.3) is 0 Å². The van der Waals surface area contributed by atoms with Crippen LogP contribution < -0.4 is 5.73 Å². The Balaban J connectivity index is 3.32. The molecule has 0 aliphatic carbocycles. The Morgan fingerprint density at radius 1 is 1.18 bits per heavy atom. The first-order chi connectivity index (χ1) is 5.20. The van der Waals surface area contributed by atoms with Crippen LogP contribution in [0.3, 0.4) is 0 Å². The molecule has 0 bridgehead atoms. The molecular formula is C9H21NO. The van der Waals surface area contributed by atoms with Gasteiger partial charge in [-0.2, -0.15) is 0 Å². The van der Waals surface area contributed by atoms with Crippen molar-refractivity contribution in [3.8, 4) is 0 Å². The Morgan fingerprint density at radius 3 is 2.18 bits per heavy atom. The highest BCUT2D eigenvalue weighted by atomic mass is 16.3. The van der Waals surface area contributed by atoms with E-state index in [1.54, 1.807) is 0 Å². The fourth-order valence-electron chi connectivity index (χ4n) is 1.29. The fourth-order valence-corrected chi connectivity index (χ4v) is 1.29. The minimum Gasteiger partial charge on any atom is -0.393 e. The van der Waals surface area contributed by atoms with E-state index in [1.165, 1.54) is 0 Å². The predicted molar refractivity (Wildman–Crippen MR) is 48.4 cm³/mol. The molecule has 0 aliphatic heterocycles. The van der Waals surface area contributed by atoms with Crippen LogP contribution in [0, 0.1) is 0 Å². The lowest BCUT2D eigenvalue weighted by Crippen LogP contribution is -2.25. The summed E-state index contributed by atoms with van der Waals surface area (Å²) in [5, 5.41) is 9.37. The van der Waals surface area contributed by atoms with Gasteiger partial charge >= 0.3 is 0 Å². The molecule has 0 aromatic carbocycles. The molecule has 0 aromatic heterocycles. The van der Waals surface area contributed by atoms with Crippen molar-refractivity contribution in [1.29, 1.82) is 0 Å². The van der Waals surface area contributed by atoms with E-state index in [0.717, 1.165) is 32.1 Å². The number of nitrogens with two attached hydrogens (primary N) is 1. The summed E-state index contributed by atoms with van der Waals surface area (Å²) in [6, 6.07) is 0.196. The number of aliphatic hydroxyl groups is 1. The molecule has 2 nitrogen and oxygen atoms in total. The molecule has 0 aromatic rings. The van der Waals surface area contributed by atoms with E-state index >= 15 is 0 Å². The van der Waals surface area contributed by atoms with Crippen molar-refractivity contribution in [3.05, 3.63) is 0 Å². The monoisotopic (exact) mass is 159 g/mol. The Bertz CT molecular complexity index is 75.6. The van der Waals surface area contributed by atoms with E-state index in [4.69, 9.17) is 5.73 Å². The third kappa shape index (κ3) is 6.32. The van der Waals surface area contributed by atoms with E-state index in [9.17, 15) is 5.11 Å². The maximum atomic E-state index is 9.37. The lowest BCUT2D eigenvalue weighted by atomic mass is 10.0. The molecule has 68 valence electrons. The molecule has 0 heterocycles. The molecule has 0 rings (SSSR count). The summed E-state index contributed by atoms with van der Waals surface area (Å²) in [6.07, 6.45) is 4.65. The predicted octanol–water partition coefficient (Wildman–Crippen LogP) is 1.66. The Labute approximate surface area is 69.8 Å². The average molecular weight is 159 g/mol. The number of rotatable bonds is 6. The van der Waals surface area contributed by atoms with Gasteiger partial charge in [-0.1, -0.05) is 26.7 Å². The molecule has 0 radical (unpaired) electrons. The van der Waals surface area contributed by atoms with Crippen LogP contribution in [0.15, 0.2) is 0 Å². The SMILES string of the molecule is CCC[C@@H](N)C[C@@H](O)CCC. The van der Waals surface area contributed by atoms with Crippen LogP contribution in [-0.2, 0) is 0 Å². The lowest BCUT2D eigenvalue weighted by Gasteiger charge is -2.14. The first-order valence-electron chi connectivity index (χ1n) is 4.64. The van der Waals surface area contributed by atoms with Gasteiger partial charge in [0, 0.05) is 6.04 Å². The van der Waals surface area contributed by atoms with Crippen molar-refractivity contribution >= 4 is 0 Å². The summed E-state index contributed by atoms with van der Waals surface area (Å²) in [5.41, 5.74) is 5.76. The summed E-state index contributed by atoms with van der Waals surface area (Å²) >= 11 is 0. The number of hydrogen-bond donors (Lipinski definition) is 2. The van der Waals surface area contributed by atoms with Crippen molar-refractivity contribution in [2.75, 3.05) is 0 Å². The van der Waals surface area contributed by atoms with Crippen LogP contribution >= 0.6 is 0 Å². The quantitative estimate of drug-likeness (QED) is 0.619. The highest BCUT2D eigenvalue weighted by Gasteiger charge is 2.08. The van der Waals surface area contributed by atoms with Gasteiger partial charge in [-0.15, -0.1) is 0 Å². The van der Waals surface area contributed by atoms with Gasteiger partial charge in [-0.25, -0.2) is 0 Å². The van der Waals surface area contributed by atoms with Crippen molar-refractivity contribution in [1.82, 2.24) is 0 Å². The molecular weight excluding hydrogens is 138 g/mol. The average Bonchev–Trinajstić information content (AvgIpc) is 1.87. The first kappa shape index (κ1) is 10.9. The molecule has 2 atom stereocenters. The second-order valence-electron chi connectivity index (χ2n) is 3.23. The van der Waals surface area contributed by atoms with Crippen LogP contribution in [-0.4, -0.2) is 17.3 Å². The number of aliphatic hydroxyl groups excluding tert-OH is 1. The van der Waals surface area contributed by atoms with Gasteiger partial charge in [0.05, 0.1) is 6.10 Å². The molecule has 11 heavy (non-hydrogen) atoms.